The van der Waals surface area contributed by atoms with Gasteiger partial charge >= 0.3 is 0 Å². The highest BCUT2D eigenvalue weighted by atomic mass is 16.5. The first kappa shape index (κ1) is 9.05. The lowest BCUT2D eigenvalue weighted by atomic mass is 10.1. The van der Waals surface area contributed by atoms with Crippen molar-refractivity contribution in [3.63, 3.8) is 0 Å². The molecule has 0 aromatic carbocycles. The first-order valence-corrected chi connectivity index (χ1v) is 4.73. The molecule has 0 aromatic rings. The van der Waals surface area contributed by atoms with E-state index < -0.39 is 0 Å². The SMILES string of the molecule is CC(C)OC[C@H]1C[C@@H]1C(C)C. The maximum Gasteiger partial charge on any atom is 0.0519 e. The van der Waals surface area contributed by atoms with E-state index in [1.807, 2.05) is 0 Å². The Labute approximate surface area is 70.1 Å². The normalized spacial score (nSPS) is 30.0. The van der Waals surface area contributed by atoms with E-state index in [4.69, 9.17) is 4.74 Å². The maximum absolute atomic E-state index is 5.55. The van der Waals surface area contributed by atoms with E-state index in [9.17, 15) is 0 Å². The van der Waals surface area contributed by atoms with Crippen molar-refractivity contribution < 1.29 is 4.74 Å². The third kappa shape index (κ3) is 2.82. The minimum absolute atomic E-state index is 0.406. The monoisotopic (exact) mass is 156 g/mol. The highest BCUT2D eigenvalue weighted by molar-refractivity contribution is 4.87. The maximum atomic E-state index is 5.55. The molecule has 1 saturated carbocycles. The molecule has 0 aromatic heterocycles. The number of hydrogen-bond acceptors (Lipinski definition) is 1. The lowest BCUT2D eigenvalue weighted by molar-refractivity contribution is 0.0666. The van der Waals surface area contributed by atoms with E-state index in [-0.39, 0.29) is 0 Å². The third-order valence-corrected chi connectivity index (χ3v) is 2.48. The van der Waals surface area contributed by atoms with E-state index in [0.29, 0.717) is 6.10 Å². The van der Waals surface area contributed by atoms with Crippen LogP contribution < -0.4 is 0 Å². The average Bonchev–Trinajstić information content (AvgIpc) is 2.61. The molecule has 0 saturated heterocycles. The van der Waals surface area contributed by atoms with Crippen molar-refractivity contribution >= 4 is 0 Å². The minimum Gasteiger partial charge on any atom is -0.378 e. The van der Waals surface area contributed by atoms with E-state index >= 15 is 0 Å². The van der Waals surface area contributed by atoms with Gasteiger partial charge in [0.1, 0.15) is 0 Å². The predicted molar refractivity (Wildman–Crippen MR) is 47.5 cm³/mol. The molecule has 66 valence electrons. The number of hydrogen-bond donors (Lipinski definition) is 0. The van der Waals surface area contributed by atoms with Crippen molar-refractivity contribution in [3.8, 4) is 0 Å². The van der Waals surface area contributed by atoms with Gasteiger partial charge in [0, 0.05) is 0 Å². The van der Waals surface area contributed by atoms with Crippen LogP contribution in [0.1, 0.15) is 34.1 Å². The van der Waals surface area contributed by atoms with Gasteiger partial charge in [0.2, 0.25) is 0 Å². The third-order valence-electron chi connectivity index (χ3n) is 2.48. The Kier molecular flexibility index (Phi) is 2.94. The topological polar surface area (TPSA) is 9.23 Å². The molecule has 0 spiro atoms. The molecule has 1 fully saturated rings. The van der Waals surface area contributed by atoms with Crippen LogP contribution in [-0.2, 0) is 4.74 Å². The van der Waals surface area contributed by atoms with Crippen LogP contribution in [0.3, 0.4) is 0 Å². The molecule has 2 atom stereocenters. The van der Waals surface area contributed by atoms with Crippen LogP contribution in [0, 0.1) is 17.8 Å². The Bertz CT molecular complexity index is 118. The Morgan fingerprint density at radius 3 is 2.27 bits per heavy atom. The minimum atomic E-state index is 0.406. The smallest absolute Gasteiger partial charge is 0.0519 e. The van der Waals surface area contributed by atoms with E-state index in [0.717, 1.165) is 24.4 Å². The Hall–Kier alpha value is -0.0400. The molecule has 0 heterocycles. The second-order valence-corrected chi connectivity index (χ2v) is 4.29. The lowest BCUT2D eigenvalue weighted by Crippen LogP contribution is -2.07. The molecular weight excluding hydrogens is 136 g/mol. The van der Waals surface area contributed by atoms with Crippen LogP contribution >= 0.6 is 0 Å². The van der Waals surface area contributed by atoms with Crippen LogP contribution in [0.2, 0.25) is 0 Å². The summed E-state index contributed by atoms with van der Waals surface area (Å²) < 4.78 is 5.55. The largest absolute Gasteiger partial charge is 0.378 e. The molecular formula is C10H20O. The van der Waals surface area contributed by atoms with Gasteiger partial charge in [-0.05, 0) is 38.0 Å². The van der Waals surface area contributed by atoms with Crippen molar-refractivity contribution in [2.24, 2.45) is 17.8 Å². The van der Waals surface area contributed by atoms with Crippen molar-refractivity contribution in [1.29, 1.82) is 0 Å². The number of ether oxygens (including phenoxy) is 1. The summed E-state index contributed by atoms with van der Waals surface area (Å²) in [4.78, 5) is 0. The quantitative estimate of drug-likeness (QED) is 0.608. The molecule has 1 nitrogen and oxygen atoms in total. The lowest BCUT2D eigenvalue weighted by Gasteiger charge is -2.07. The van der Waals surface area contributed by atoms with Gasteiger partial charge in [0.05, 0.1) is 12.7 Å². The second kappa shape index (κ2) is 3.57. The number of rotatable bonds is 4. The van der Waals surface area contributed by atoms with Gasteiger partial charge < -0.3 is 4.74 Å². The summed E-state index contributed by atoms with van der Waals surface area (Å²) in [6, 6.07) is 0. The predicted octanol–water partition coefficient (Wildman–Crippen LogP) is 2.70. The van der Waals surface area contributed by atoms with Gasteiger partial charge in [0.15, 0.2) is 0 Å². The molecule has 1 heteroatoms. The van der Waals surface area contributed by atoms with Crippen molar-refractivity contribution in [2.75, 3.05) is 6.61 Å². The zero-order chi connectivity index (χ0) is 8.43. The van der Waals surface area contributed by atoms with Crippen LogP contribution in [0.4, 0.5) is 0 Å². The molecule has 0 N–H and O–H groups in total. The molecule has 0 radical (unpaired) electrons. The second-order valence-electron chi connectivity index (χ2n) is 4.29. The fraction of sp³-hybridized carbons (Fsp3) is 1.00. The van der Waals surface area contributed by atoms with Crippen LogP contribution in [0.5, 0.6) is 0 Å². The van der Waals surface area contributed by atoms with Gasteiger partial charge in [-0.2, -0.15) is 0 Å². The molecule has 1 aliphatic rings. The van der Waals surface area contributed by atoms with E-state index in [1.54, 1.807) is 0 Å². The van der Waals surface area contributed by atoms with Gasteiger partial charge in [-0.25, -0.2) is 0 Å². The summed E-state index contributed by atoms with van der Waals surface area (Å²) in [6.45, 7) is 9.81. The zero-order valence-corrected chi connectivity index (χ0v) is 8.13. The van der Waals surface area contributed by atoms with Crippen LogP contribution in [0.25, 0.3) is 0 Å². The van der Waals surface area contributed by atoms with Gasteiger partial charge in [-0.15, -0.1) is 0 Å². The van der Waals surface area contributed by atoms with Gasteiger partial charge in [-0.1, -0.05) is 13.8 Å². The summed E-state index contributed by atoms with van der Waals surface area (Å²) >= 11 is 0. The van der Waals surface area contributed by atoms with Crippen molar-refractivity contribution in [2.45, 2.75) is 40.2 Å². The Morgan fingerprint density at radius 2 is 1.91 bits per heavy atom. The summed E-state index contributed by atoms with van der Waals surface area (Å²) in [6.07, 6.45) is 1.80. The summed E-state index contributed by atoms with van der Waals surface area (Å²) in [5.41, 5.74) is 0. The molecule has 11 heavy (non-hydrogen) atoms. The fourth-order valence-corrected chi connectivity index (χ4v) is 1.60. The molecule has 0 bridgehead atoms. The summed E-state index contributed by atoms with van der Waals surface area (Å²) in [5, 5.41) is 0. The molecule has 0 unspecified atom stereocenters. The van der Waals surface area contributed by atoms with E-state index in [1.165, 1.54) is 6.42 Å². The first-order valence-electron chi connectivity index (χ1n) is 4.73. The van der Waals surface area contributed by atoms with Crippen LogP contribution in [-0.4, -0.2) is 12.7 Å². The zero-order valence-electron chi connectivity index (χ0n) is 8.13. The molecule has 1 rings (SSSR count). The van der Waals surface area contributed by atoms with Gasteiger partial charge in [0.25, 0.3) is 0 Å². The molecule has 1 aliphatic carbocycles. The molecule has 0 aliphatic heterocycles. The Morgan fingerprint density at radius 1 is 1.27 bits per heavy atom. The highest BCUT2D eigenvalue weighted by Gasteiger charge is 2.39. The summed E-state index contributed by atoms with van der Waals surface area (Å²) in [7, 11) is 0. The first-order chi connectivity index (χ1) is 5.11. The van der Waals surface area contributed by atoms with Crippen molar-refractivity contribution in [1.82, 2.24) is 0 Å². The fourth-order valence-electron chi connectivity index (χ4n) is 1.60. The Balaban J connectivity index is 2.04. The van der Waals surface area contributed by atoms with Crippen molar-refractivity contribution in [3.05, 3.63) is 0 Å². The van der Waals surface area contributed by atoms with Gasteiger partial charge in [-0.3, -0.25) is 0 Å². The van der Waals surface area contributed by atoms with E-state index in [2.05, 4.69) is 27.7 Å². The average molecular weight is 156 g/mol. The summed E-state index contributed by atoms with van der Waals surface area (Å²) in [5.74, 6) is 2.68. The molecule has 0 amide bonds. The standard InChI is InChI=1S/C10H20O/c1-7(2)10-5-9(10)6-11-8(3)4/h7-10H,5-6H2,1-4H3/t9-,10-/m1/s1. The highest BCUT2D eigenvalue weighted by Crippen LogP contribution is 2.44. The van der Waals surface area contributed by atoms with Crippen LogP contribution in [0.15, 0.2) is 0 Å².